The number of hydrogen-bond acceptors (Lipinski definition) is 4. The van der Waals surface area contributed by atoms with Crippen molar-refractivity contribution >= 4 is 40.3 Å². The Kier molecular flexibility index (Phi) is 4.95. The average molecular weight is 354 g/mol. The number of amides is 1. The van der Waals surface area contributed by atoms with Crippen molar-refractivity contribution in [1.29, 1.82) is 0 Å². The molecule has 25 heavy (non-hydrogen) atoms. The Morgan fingerprint density at radius 2 is 2.00 bits per heavy atom. The summed E-state index contributed by atoms with van der Waals surface area (Å²) < 4.78 is 5.35. The molecule has 0 saturated carbocycles. The fourth-order valence-corrected chi connectivity index (χ4v) is 2.47. The van der Waals surface area contributed by atoms with Crippen molar-refractivity contribution < 1.29 is 9.53 Å². The van der Waals surface area contributed by atoms with Gasteiger partial charge in [0.1, 0.15) is 5.75 Å². The molecule has 0 aliphatic carbocycles. The van der Waals surface area contributed by atoms with Crippen LogP contribution in [0.1, 0.15) is 18.1 Å². The second kappa shape index (κ2) is 7.31. The Balaban J connectivity index is 1.65. The van der Waals surface area contributed by atoms with Gasteiger partial charge in [-0.2, -0.15) is 5.10 Å². The van der Waals surface area contributed by atoms with Gasteiger partial charge in [-0.25, -0.2) is 0 Å². The summed E-state index contributed by atoms with van der Waals surface area (Å²) >= 11 is 5.24. The molecule has 3 N–H and O–H groups in total. The quantitative estimate of drug-likeness (QED) is 0.449. The van der Waals surface area contributed by atoms with Crippen LogP contribution in [0.15, 0.2) is 47.6 Å². The molecule has 0 radical (unpaired) electrons. The summed E-state index contributed by atoms with van der Waals surface area (Å²) in [6, 6.07) is 13.4. The van der Waals surface area contributed by atoms with Crippen molar-refractivity contribution in [2.24, 2.45) is 5.10 Å². The third-order valence-corrected chi connectivity index (χ3v) is 3.86. The first-order valence-corrected chi connectivity index (χ1v) is 8.17. The second-order valence-corrected chi connectivity index (χ2v) is 6.09. The molecule has 6 nitrogen and oxygen atoms in total. The number of thiocarbonyl (C=S) groups is 1. The number of rotatable bonds is 3. The van der Waals surface area contributed by atoms with Crippen LogP contribution in [0, 0.1) is 6.92 Å². The van der Waals surface area contributed by atoms with Crippen molar-refractivity contribution in [3.05, 3.63) is 53.6 Å². The number of fused-ring (bicyclic) bond motifs is 1. The predicted octanol–water partition coefficient (Wildman–Crippen LogP) is 3.04. The lowest BCUT2D eigenvalue weighted by molar-refractivity contribution is -0.118. The monoisotopic (exact) mass is 354 g/mol. The second-order valence-electron chi connectivity index (χ2n) is 5.68. The largest absolute Gasteiger partial charge is 0.482 e. The van der Waals surface area contributed by atoms with Crippen LogP contribution in [0.25, 0.3) is 0 Å². The molecule has 0 bridgehead atoms. The van der Waals surface area contributed by atoms with E-state index in [1.54, 1.807) is 0 Å². The van der Waals surface area contributed by atoms with Crippen LogP contribution in [-0.4, -0.2) is 23.3 Å². The molecule has 0 saturated heterocycles. The first-order valence-electron chi connectivity index (χ1n) is 7.76. The molecule has 0 unspecified atom stereocenters. The van der Waals surface area contributed by atoms with Crippen LogP contribution in [-0.2, 0) is 4.79 Å². The molecule has 1 aliphatic rings. The Morgan fingerprint density at radius 1 is 1.24 bits per heavy atom. The summed E-state index contributed by atoms with van der Waals surface area (Å²) in [5.74, 6) is 0.488. The molecule has 128 valence electrons. The Labute approximate surface area is 151 Å². The van der Waals surface area contributed by atoms with E-state index in [1.807, 2.05) is 56.3 Å². The summed E-state index contributed by atoms with van der Waals surface area (Å²) in [6.45, 7) is 3.93. The van der Waals surface area contributed by atoms with Gasteiger partial charge in [0.15, 0.2) is 11.7 Å². The van der Waals surface area contributed by atoms with Gasteiger partial charge in [0.2, 0.25) is 0 Å². The topological polar surface area (TPSA) is 74.8 Å². The van der Waals surface area contributed by atoms with E-state index in [2.05, 4.69) is 21.2 Å². The first-order chi connectivity index (χ1) is 12.0. The van der Waals surface area contributed by atoms with Gasteiger partial charge in [-0.15, -0.1) is 0 Å². The van der Waals surface area contributed by atoms with E-state index in [0.29, 0.717) is 16.5 Å². The van der Waals surface area contributed by atoms with Crippen LogP contribution in [0.5, 0.6) is 5.75 Å². The van der Waals surface area contributed by atoms with Gasteiger partial charge in [0.05, 0.1) is 11.4 Å². The zero-order valence-corrected chi connectivity index (χ0v) is 14.7. The first kappa shape index (κ1) is 16.9. The van der Waals surface area contributed by atoms with Crippen LogP contribution in [0.4, 0.5) is 11.4 Å². The summed E-state index contributed by atoms with van der Waals surface area (Å²) in [4.78, 5) is 11.4. The van der Waals surface area contributed by atoms with E-state index >= 15 is 0 Å². The molecule has 7 heteroatoms. The Hall–Kier alpha value is -2.93. The van der Waals surface area contributed by atoms with Gasteiger partial charge in [0.25, 0.3) is 5.91 Å². The van der Waals surface area contributed by atoms with E-state index < -0.39 is 0 Å². The molecular formula is C18H18N4O2S. The molecule has 2 aromatic rings. The predicted molar refractivity (Wildman–Crippen MR) is 103 cm³/mol. The number of hydrazone groups is 1. The lowest BCUT2D eigenvalue weighted by Crippen LogP contribution is -2.26. The fourth-order valence-electron chi connectivity index (χ4n) is 2.30. The maximum absolute atomic E-state index is 11.4. The Bertz CT molecular complexity index is 847. The van der Waals surface area contributed by atoms with Crippen molar-refractivity contribution in [2.75, 3.05) is 17.2 Å². The minimum atomic E-state index is -0.166. The molecule has 0 spiro atoms. The number of carbonyl (C=O) groups is 1. The van der Waals surface area contributed by atoms with Crippen molar-refractivity contribution in [1.82, 2.24) is 5.43 Å². The van der Waals surface area contributed by atoms with Gasteiger partial charge >= 0.3 is 0 Å². The standard InChI is InChI=1S/C18H18N4O2S/c1-11-3-6-14(7-4-11)19-18(25)22-21-12(2)13-5-8-16-15(9-13)20-17(23)10-24-16/h3-9H,10H2,1-2H3,(H,20,23)(H2,19,22,25)/b21-12-. The van der Waals surface area contributed by atoms with Gasteiger partial charge in [-0.1, -0.05) is 17.7 Å². The number of ether oxygens (including phenoxy) is 1. The van der Waals surface area contributed by atoms with Crippen molar-refractivity contribution in [3.8, 4) is 5.75 Å². The van der Waals surface area contributed by atoms with Crippen LogP contribution in [0.2, 0.25) is 0 Å². The van der Waals surface area contributed by atoms with Gasteiger partial charge in [-0.05, 0) is 62.0 Å². The number of hydrogen-bond donors (Lipinski definition) is 3. The van der Waals surface area contributed by atoms with Crippen molar-refractivity contribution in [2.45, 2.75) is 13.8 Å². The highest BCUT2D eigenvalue weighted by atomic mass is 32.1. The summed E-state index contributed by atoms with van der Waals surface area (Å²) in [6.07, 6.45) is 0. The maximum atomic E-state index is 11.4. The zero-order valence-electron chi connectivity index (χ0n) is 13.9. The van der Waals surface area contributed by atoms with E-state index in [1.165, 1.54) is 5.56 Å². The third-order valence-electron chi connectivity index (χ3n) is 3.66. The van der Waals surface area contributed by atoms with E-state index in [9.17, 15) is 4.79 Å². The maximum Gasteiger partial charge on any atom is 0.262 e. The highest BCUT2D eigenvalue weighted by Gasteiger charge is 2.16. The summed E-state index contributed by atoms with van der Waals surface area (Å²) in [5, 5.41) is 10.5. The van der Waals surface area contributed by atoms with Gasteiger partial charge in [0, 0.05) is 5.69 Å². The van der Waals surface area contributed by atoms with Gasteiger partial charge < -0.3 is 15.4 Å². The number of aryl methyl sites for hydroxylation is 1. The smallest absolute Gasteiger partial charge is 0.262 e. The minimum Gasteiger partial charge on any atom is -0.482 e. The van der Waals surface area contributed by atoms with Gasteiger partial charge in [-0.3, -0.25) is 10.2 Å². The zero-order chi connectivity index (χ0) is 17.8. The van der Waals surface area contributed by atoms with E-state index in [4.69, 9.17) is 17.0 Å². The third kappa shape index (κ3) is 4.33. The molecule has 0 fully saturated rings. The average Bonchev–Trinajstić information content (AvgIpc) is 2.61. The molecule has 2 aromatic carbocycles. The molecule has 3 rings (SSSR count). The molecule has 0 aromatic heterocycles. The number of benzene rings is 2. The minimum absolute atomic E-state index is 0.0416. The van der Waals surface area contributed by atoms with Crippen LogP contribution in [0.3, 0.4) is 0 Å². The van der Waals surface area contributed by atoms with E-state index in [-0.39, 0.29) is 12.5 Å². The Morgan fingerprint density at radius 3 is 2.76 bits per heavy atom. The summed E-state index contributed by atoms with van der Waals surface area (Å²) in [5.41, 5.74) is 7.13. The van der Waals surface area contributed by atoms with Crippen LogP contribution < -0.4 is 20.8 Å². The SMILES string of the molecule is C/C(=N/NC(=S)Nc1ccc(C)cc1)c1ccc2c(c1)NC(=O)CO2. The lowest BCUT2D eigenvalue weighted by Gasteiger charge is -2.18. The van der Waals surface area contributed by atoms with Crippen molar-refractivity contribution in [3.63, 3.8) is 0 Å². The lowest BCUT2D eigenvalue weighted by atomic mass is 10.1. The van der Waals surface area contributed by atoms with Crippen LogP contribution >= 0.6 is 12.2 Å². The molecule has 0 atom stereocenters. The molecule has 1 aliphatic heterocycles. The normalized spacial score (nSPS) is 13.4. The molecular weight excluding hydrogens is 336 g/mol. The number of anilines is 2. The summed E-state index contributed by atoms with van der Waals surface area (Å²) in [7, 11) is 0. The fraction of sp³-hybridized carbons (Fsp3) is 0.167. The molecule has 1 heterocycles. The molecule has 1 amide bonds. The highest BCUT2D eigenvalue weighted by molar-refractivity contribution is 7.80. The highest BCUT2D eigenvalue weighted by Crippen LogP contribution is 2.28. The number of nitrogens with zero attached hydrogens (tertiary/aromatic N) is 1. The number of carbonyl (C=O) groups excluding carboxylic acids is 1. The number of nitrogens with one attached hydrogen (secondary N) is 3. The van der Waals surface area contributed by atoms with E-state index in [0.717, 1.165) is 17.0 Å².